The van der Waals surface area contributed by atoms with Crippen LogP contribution in [0, 0.1) is 29.1 Å². The van der Waals surface area contributed by atoms with Crippen molar-refractivity contribution in [1.29, 1.82) is 0 Å². The van der Waals surface area contributed by atoms with Gasteiger partial charge in [0.25, 0.3) is 0 Å². The number of aliphatic hydroxyl groups excluding tert-OH is 2. The summed E-state index contributed by atoms with van der Waals surface area (Å²) in [7, 11) is -4.06. The van der Waals surface area contributed by atoms with E-state index < -0.39 is 28.7 Å². The summed E-state index contributed by atoms with van der Waals surface area (Å²) in [4.78, 5) is 0. The van der Waals surface area contributed by atoms with Gasteiger partial charge in [-0.05, 0) is 117 Å². The molecule has 3 saturated carbocycles. The van der Waals surface area contributed by atoms with Crippen LogP contribution in [-0.2, 0) is 27.2 Å². The summed E-state index contributed by atoms with van der Waals surface area (Å²) in [5, 5.41) is 20.5. The van der Waals surface area contributed by atoms with Gasteiger partial charge in [0.2, 0.25) is 0 Å². The van der Waals surface area contributed by atoms with Gasteiger partial charge in [-0.1, -0.05) is 77.0 Å². The van der Waals surface area contributed by atoms with Crippen molar-refractivity contribution in [2.24, 2.45) is 29.1 Å². The molecule has 0 bridgehead atoms. The zero-order valence-corrected chi connectivity index (χ0v) is 31.9. The molecule has 0 aromatic carbocycles. The Morgan fingerprint density at radius 1 is 0.896 bits per heavy atom. The largest absolute Gasteiger partial charge is 0.697 e. The molecule has 272 valence electrons. The monoisotopic (exact) mass is 710 g/mol. The van der Waals surface area contributed by atoms with Crippen molar-refractivity contribution in [3.63, 3.8) is 0 Å². The maximum atomic E-state index is 11.8. The molecule has 0 spiro atoms. The highest BCUT2D eigenvalue weighted by Crippen LogP contribution is 2.59. The minimum Gasteiger partial charge on any atom is -0.393 e. The fourth-order valence-electron chi connectivity index (χ4n) is 8.11. The molecule has 0 aliphatic heterocycles. The molecule has 3 aliphatic carbocycles. The van der Waals surface area contributed by atoms with Crippen LogP contribution in [0.4, 0.5) is 0 Å². The van der Waals surface area contributed by atoms with Crippen molar-refractivity contribution in [2.75, 3.05) is 26.4 Å². The lowest BCUT2D eigenvalue weighted by Gasteiger charge is -2.44. The third-order valence-electron chi connectivity index (χ3n) is 10.8. The van der Waals surface area contributed by atoms with Crippen LogP contribution in [0.5, 0.6) is 0 Å². The Hall–Kier alpha value is -1.08. The van der Waals surface area contributed by atoms with Gasteiger partial charge < -0.3 is 10.2 Å². The van der Waals surface area contributed by atoms with E-state index in [1.165, 1.54) is 31.3 Å². The smallest absolute Gasteiger partial charge is 0.393 e. The molecule has 0 heterocycles. The van der Waals surface area contributed by atoms with E-state index in [0.29, 0.717) is 62.9 Å². The molecule has 0 amide bonds. The molecule has 0 aromatic rings. The summed E-state index contributed by atoms with van der Waals surface area (Å²) in [6, 6.07) is 0. The molecule has 5 unspecified atom stereocenters. The van der Waals surface area contributed by atoms with Crippen molar-refractivity contribution in [3.05, 3.63) is 47.6 Å². The molecule has 0 aromatic heterocycles. The summed E-state index contributed by atoms with van der Waals surface area (Å²) < 4.78 is 44.7. The van der Waals surface area contributed by atoms with Gasteiger partial charge in [0.1, 0.15) is 26.4 Å². The zero-order chi connectivity index (χ0) is 34.9. The Labute approximate surface area is 292 Å². The summed E-state index contributed by atoms with van der Waals surface area (Å²) >= 11 is 0. The molecule has 0 radical (unpaired) electrons. The molecule has 8 nitrogen and oxygen atoms in total. The van der Waals surface area contributed by atoms with E-state index in [9.17, 15) is 19.3 Å². The number of unbranched alkanes of at least 4 members (excludes halogenated alkanes) is 2. The van der Waals surface area contributed by atoms with Gasteiger partial charge in [-0.15, -0.1) is 18.1 Å². The summed E-state index contributed by atoms with van der Waals surface area (Å²) in [5.74, 6) is 2.07. The Balaban J connectivity index is 1.59. The second-order valence-electron chi connectivity index (χ2n) is 14.4. The summed E-state index contributed by atoms with van der Waals surface area (Å²) in [6.45, 7) is 14.7. The third-order valence-corrected chi connectivity index (χ3v) is 12.3. The normalized spacial score (nSPS) is 29.8. The van der Waals surface area contributed by atoms with Crippen molar-refractivity contribution in [1.82, 2.24) is 0 Å². The molecule has 2 N–H and O–H groups in total. The standard InChI is InChI=1S/C38H64O8P2/c1-6-23-43-47(41)45-25-10-8-13-31(14-9-11-26-46-48(42)44-24-7-2)17-16-29(3)35-20-21-36-32(15-12-22-38(35,36)5)18-19-33-27-34(39)28-37(40)30(33)4/h16-19,29,31,34-37,39-40H,4,6-15,20-28H2,1-3,5H3/q+2/t29-,34?,35-,36?,37?,38-/m1/s1. The first-order valence-electron chi connectivity index (χ1n) is 18.7. The fraction of sp³-hybridized carbons (Fsp3) is 0.789. The van der Waals surface area contributed by atoms with Gasteiger partial charge in [-0.3, -0.25) is 0 Å². The van der Waals surface area contributed by atoms with E-state index in [-0.39, 0.29) is 5.41 Å². The van der Waals surface area contributed by atoms with Crippen molar-refractivity contribution in [2.45, 2.75) is 136 Å². The first kappa shape index (κ1) is 41.3. The Morgan fingerprint density at radius 2 is 1.50 bits per heavy atom. The predicted octanol–water partition coefficient (Wildman–Crippen LogP) is 10.5. The van der Waals surface area contributed by atoms with Crippen LogP contribution < -0.4 is 0 Å². The maximum absolute atomic E-state index is 11.8. The Bertz CT molecular complexity index is 1090. The lowest BCUT2D eigenvalue weighted by molar-refractivity contribution is 0.0862. The number of aliphatic hydroxyl groups is 2. The van der Waals surface area contributed by atoms with E-state index in [2.05, 4.69) is 44.7 Å². The SMILES string of the molecule is C=C1C(=CC=C2CCC[C@@]3(C)C2CC[C@@H]3[C@H](C)C=CC(CCCCO[P+](=O)OCCC)CCCCO[P+](=O)OCCC)CC(O)CC1O. The van der Waals surface area contributed by atoms with Crippen molar-refractivity contribution < 1.29 is 37.4 Å². The minimum atomic E-state index is -2.03. The maximum Gasteiger partial charge on any atom is 0.697 e. The molecule has 3 rings (SSSR count). The average molecular weight is 711 g/mol. The minimum absolute atomic E-state index is 0.256. The van der Waals surface area contributed by atoms with E-state index in [4.69, 9.17) is 18.1 Å². The molecule has 0 saturated heterocycles. The number of hydrogen-bond donors (Lipinski definition) is 2. The third kappa shape index (κ3) is 13.2. The number of fused-ring (bicyclic) bond motifs is 1. The van der Waals surface area contributed by atoms with Crippen LogP contribution in [0.3, 0.4) is 0 Å². The van der Waals surface area contributed by atoms with Crippen LogP contribution in [0.1, 0.15) is 124 Å². The number of hydrogen-bond acceptors (Lipinski definition) is 8. The molecular weight excluding hydrogens is 646 g/mol. The molecule has 8 atom stereocenters. The predicted molar refractivity (Wildman–Crippen MR) is 194 cm³/mol. The lowest BCUT2D eigenvalue weighted by Crippen LogP contribution is -2.35. The van der Waals surface area contributed by atoms with E-state index in [1.807, 2.05) is 13.8 Å². The number of rotatable bonds is 22. The first-order valence-corrected chi connectivity index (χ1v) is 20.9. The van der Waals surface area contributed by atoms with Crippen molar-refractivity contribution >= 4 is 16.5 Å². The summed E-state index contributed by atoms with van der Waals surface area (Å²) in [6.07, 6.45) is 22.4. The Morgan fingerprint density at radius 3 is 2.10 bits per heavy atom. The average Bonchev–Trinajstić information content (AvgIpc) is 3.42. The van der Waals surface area contributed by atoms with Crippen LogP contribution in [0.2, 0.25) is 0 Å². The first-order chi connectivity index (χ1) is 23.1. The van der Waals surface area contributed by atoms with Gasteiger partial charge in [0, 0.05) is 15.6 Å². The van der Waals surface area contributed by atoms with Crippen LogP contribution in [-0.4, -0.2) is 48.8 Å². The molecule has 3 fully saturated rings. The second-order valence-corrected chi connectivity index (χ2v) is 16.4. The van der Waals surface area contributed by atoms with Gasteiger partial charge in [0.15, 0.2) is 0 Å². The number of allylic oxidation sites excluding steroid dienone is 5. The highest BCUT2D eigenvalue weighted by atomic mass is 31.1. The molecule has 10 heteroatoms. The molecule has 48 heavy (non-hydrogen) atoms. The van der Waals surface area contributed by atoms with Crippen LogP contribution in [0.15, 0.2) is 47.6 Å². The van der Waals surface area contributed by atoms with Crippen LogP contribution in [0.25, 0.3) is 0 Å². The highest BCUT2D eigenvalue weighted by molar-refractivity contribution is 7.33. The van der Waals surface area contributed by atoms with Gasteiger partial charge in [-0.25, -0.2) is 0 Å². The quantitative estimate of drug-likeness (QED) is 0.0649. The fourth-order valence-corrected chi connectivity index (χ4v) is 9.48. The molecular formula is C38H64O8P2+2. The summed E-state index contributed by atoms with van der Waals surface area (Å²) in [5.41, 5.74) is 3.50. The van der Waals surface area contributed by atoms with Gasteiger partial charge in [0.05, 0.1) is 12.2 Å². The second kappa shape index (κ2) is 22.0. The van der Waals surface area contributed by atoms with Crippen LogP contribution >= 0.6 is 16.5 Å². The van der Waals surface area contributed by atoms with Gasteiger partial charge in [-0.2, -0.15) is 0 Å². The topological polar surface area (TPSA) is 112 Å². The highest BCUT2D eigenvalue weighted by Gasteiger charge is 2.50. The van der Waals surface area contributed by atoms with E-state index in [0.717, 1.165) is 68.9 Å². The van der Waals surface area contributed by atoms with E-state index in [1.54, 1.807) is 0 Å². The van der Waals surface area contributed by atoms with Gasteiger partial charge >= 0.3 is 16.5 Å². The zero-order valence-electron chi connectivity index (χ0n) is 30.2. The lowest BCUT2D eigenvalue weighted by atomic mass is 9.61. The van der Waals surface area contributed by atoms with Crippen molar-refractivity contribution in [3.8, 4) is 0 Å². The van der Waals surface area contributed by atoms with E-state index >= 15 is 0 Å². The Kier molecular flexibility index (Phi) is 18.9. The molecule has 3 aliphatic rings.